The van der Waals surface area contributed by atoms with Crippen molar-refractivity contribution in [2.24, 2.45) is 0 Å². The normalized spacial score (nSPS) is 11.6. The lowest BCUT2D eigenvalue weighted by molar-refractivity contribution is 0.279. The van der Waals surface area contributed by atoms with Crippen LogP contribution in [0.3, 0.4) is 0 Å². The molecular weight excluding hydrogens is 441 g/mol. The standard InChI is InChI=1S/C23H17ClFNO4S/c1-29-23-13-16(6-11-22(23)30-15-17-4-2-3-5-21(17)25)12-20(14-26)31(27,28)19-9-7-18(24)8-10-19/h2-13H,15H2,1H3. The Labute approximate surface area is 184 Å². The summed E-state index contributed by atoms with van der Waals surface area (Å²) in [6, 6.07) is 18.2. The molecule has 8 heteroatoms. The van der Waals surface area contributed by atoms with Gasteiger partial charge in [0.05, 0.1) is 12.0 Å². The molecule has 0 aliphatic carbocycles. The molecule has 0 spiro atoms. The van der Waals surface area contributed by atoms with Gasteiger partial charge in [-0.05, 0) is 54.1 Å². The van der Waals surface area contributed by atoms with Gasteiger partial charge in [0.2, 0.25) is 9.84 Å². The number of nitriles is 1. The minimum absolute atomic E-state index is 0.00733. The van der Waals surface area contributed by atoms with E-state index >= 15 is 0 Å². The first-order valence-corrected chi connectivity index (χ1v) is 10.9. The summed E-state index contributed by atoms with van der Waals surface area (Å²) in [5.74, 6) is 0.278. The van der Waals surface area contributed by atoms with Crippen LogP contribution in [0.4, 0.5) is 4.39 Å². The first kappa shape index (κ1) is 22.3. The van der Waals surface area contributed by atoms with Crippen molar-refractivity contribution in [3.8, 4) is 17.6 Å². The zero-order valence-electron chi connectivity index (χ0n) is 16.4. The first-order valence-electron chi connectivity index (χ1n) is 9.02. The summed E-state index contributed by atoms with van der Waals surface area (Å²) in [6.45, 7) is -0.00733. The molecule has 0 aromatic heterocycles. The highest BCUT2D eigenvalue weighted by Gasteiger charge is 2.21. The molecule has 0 saturated heterocycles. The molecule has 0 fully saturated rings. The minimum atomic E-state index is -4.02. The van der Waals surface area contributed by atoms with Gasteiger partial charge in [-0.15, -0.1) is 0 Å². The molecule has 0 amide bonds. The molecule has 0 atom stereocenters. The highest BCUT2D eigenvalue weighted by Crippen LogP contribution is 2.31. The van der Waals surface area contributed by atoms with E-state index in [-0.39, 0.29) is 17.3 Å². The van der Waals surface area contributed by atoms with Gasteiger partial charge in [-0.2, -0.15) is 5.26 Å². The summed E-state index contributed by atoms with van der Waals surface area (Å²) >= 11 is 5.81. The monoisotopic (exact) mass is 457 g/mol. The number of sulfone groups is 1. The SMILES string of the molecule is COc1cc(C=C(C#N)S(=O)(=O)c2ccc(Cl)cc2)ccc1OCc1ccccc1F. The van der Waals surface area contributed by atoms with Crippen LogP contribution in [0.1, 0.15) is 11.1 Å². The van der Waals surface area contributed by atoms with Crippen LogP contribution in [-0.2, 0) is 16.4 Å². The van der Waals surface area contributed by atoms with Crippen LogP contribution in [0.15, 0.2) is 76.5 Å². The Kier molecular flexibility index (Phi) is 6.95. The van der Waals surface area contributed by atoms with Gasteiger partial charge < -0.3 is 9.47 Å². The fourth-order valence-corrected chi connectivity index (χ4v) is 4.01. The lowest BCUT2D eigenvalue weighted by atomic mass is 10.2. The number of allylic oxidation sites excluding steroid dienone is 1. The highest BCUT2D eigenvalue weighted by molar-refractivity contribution is 7.95. The van der Waals surface area contributed by atoms with E-state index in [1.807, 2.05) is 0 Å². The van der Waals surface area contributed by atoms with E-state index in [1.54, 1.807) is 36.4 Å². The first-order chi connectivity index (χ1) is 14.8. The van der Waals surface area contributed by atoms with Crippen LogP contribution in [0.5, 0.6) is 11.5 Å². The molecule has 0 saturated carbocycles. The van der Waals surface area contributed by atoms with Crippen LogP contribution in [-0.4, -0.2) is 15.5 Å². The van der Waals surface area contributed by atoms with E-state index in [1.165, 1.54) is 49.6 Å². The van der Waals surface area contributed by atoms with E-state index in [2.05, 4.69) is 0 Å². The largest absolute Gasteiger partial charge is 0.493 e. The average molecular weight is 458 g/mol. The van der Waals surface area contributed by atoms with Gasteiger partial charge in [0.15, 0.2) is 11.5 Å². The van der Waals surface area contributed by atoms with E-state index in [4.69, 9.17) is 21.1 Å². The second-order valence-corrected chi connectivity index (χ2v) is 8.72. The summed E-state index contributed by atoms with van der Waals surface area (Å²) < 4.78 is 50.3. The number of methoxy groups -OCH3 is 1. The van der Waals surface area contributed by atoms with Gasteiger partial charge in [0, 0.05) is 10.6 Å². The third-order valence-corrected chi connectivity index (χ3v) is 6.28. The number of hydrogen-bond acceptors (Lipinski definition) is 5. The van der Waals surface area contributed by atoms with Crippen molar-refractivity contribution in [3.63, 3.8) is 0 Å². The van der Waals surface area contributed by atoms with Gasteiger partial charge in [-0.25, -0.2) is 12.8 Å². The van der Waals surface area contributed by atoms with Crippen molar-refractivity contribution in [1.82, 2.24) is 0 Å². The smallest absolute Gasteiger partial charge is 0.216 e. The number of nitrogens with zero attached hydrogens (tertiary/aromatic N) is 1. The summed E-state index contributed by atoms with van der Waals surface area (Å²) in [5.41, 5.74) is 0.804. The molecule has 0 N–H and O–H groups in total. The third kappa shape index (κ3) is 5.23. The molecule has 0 unspecified atom stereocenters. The zero-order chi connectivity index (χ0) is 22.4. The molecule has 0 aliphatic rings. The van der Waals surface area contributed by atoms with Crippen molar-refractivity contribution < 1.29 is 22.3 Å². The molecule has 3 aromatic carbocycles. The molecule has 0 aliphatic heterocycles. The second-order valence-electron chi connectivity index (χ2n) is 6.37. The summed E-state index contributed by atoms with van der Waals surface area (Å²) in [5, 5.41) is 9.83. The van der Waals surface area contributed by atoms with Gasteiger partial charge in [-0.1, -0.05) is 35.9 Å². The molecule has 0 heterocycles. The predicted molar refractivity (Wildman–Crippen MR) is 116 cm³/mol. The van der Waals surface area contributed by atoms with E-state index in [0.29, 0.717) is 27.6 Å². The molecule has 3 rings (SSSR count). The quantitative estimate of drug-likeness (QED) is 0.443. The third-order valence-electron chi connectivity index (χ3n) is 4.35. The Morgan fingerprint density at radius 1 is 1.10 bits per heavy atom. The van der Waals surface area contributed by atoms with Crippen LogP contribution >= 0.6 is 11.6 Å². The van der Waals surface area contributed by atoms with Crippen LogP contribution in [0.2, 0.25) is 5.02 Å². The molecule has 0 radical (unpaired) electrons. The Morgan fingerprint density at radius 3 is 2.45 bits per heavy atom. The molecular formula is C23H17ClFNO4S. The van der Waals surface area contributed by atoms with E-state index in [0.717, 1.165) is 0 Å². The second kappa shape index (κ2) is 9.65. The molecule has 158 valence electrons. The van der Waals surface area contributed by atoms with Crippen molar-refractivity contribution >= 4 is 27.5 Å². The summed E-state index contributed by atoms with van der Waals surface area (Å²) in [6.07, 6.45) is 1.24. The number of halogens is 2. The molecule has 3 aromatic rings. The van der Waals surface area contributed by atoms with Crippen molar-refractivity contribution in [2.45, 2.75) is 11.5 Å². The lowest BCUT2D eigenvalue weighted by Gasteiger charge is -2.12. The van der Waals surface area contributed by atoms with Gasteiger partial charge in [0.25, 0.3) is 0 Å². The number of rotatable bonds is 7. The topological polar surface area (TPSA) is 76.4 Å². The number of ether oxygens (including phenoxy) is 2. The van der Waals surface area contributed by atoms with Crippen LogP contribution in [0, 0.1) is 17.1 Å². The maximum atomic E-state index is 13.8. The van der Waals surface area contributed by atoms with Gasteiger partial charge in [0.1, 0.15) is 23.4 Å². The molecule has 31 heavy (non-hydrogen) atoms. The van der Waals surface area contributed by atoms with E-state index < -0.39 is 14.7 Å². The van der Waals surface area contributed by atoms with Gasteiger partial charge >= 0.3 is 0 Å². The Hall–Kier alpha value is -3.34. The van der Waals surface area contributed by atoms with Crippen molar-refractivity contribution in [3.05, 3.63) is 93.6 Å². The highest BCUT2D eigenvalue weighted by atomic mass is 35.5. The maximum absolute atomic E-state index is 13.8. The minimum Gasteiger partial charge on any atom is -0.493 e. The maximum Gasteiger partial charge on any atom is 0.216 e. The fraction of sp³-hybridized carbons (Fsp3) is 0.0870. The van der Waals surface area contributed by atoms with Gasteiger partial charge in [-0.3, -0.25) is 0 Å². The Balaban J connectivity index is 1.88. The fourth-order valence-electron chi connectivity index (χ4n) is 2.73. The summed E-state index contributed by atoms with van der Waals surface area (Å²) in [4.78, 5) is -0.474. The van der Waals surface area contributed by atoms with Crippen molar-refractivity contribution in [2.75, 3.05) is 7.11 Å². The number of hydrogen-bond donors (Lipinski definition) is 0. The number of benzene rings is 3. The van der Waals surface area contributed by atoms with Crippen LogP contribution in [0.25, 0.3) is 6.08 Å². The lowest BCUT2D eigenvalue weighted by Crippen LogP contribution is -2.03. The molecule has 5 nitrogen and oxygen atoms in total. The predicted octanol–water partition coefficient (Wildman–Crippen LogP) is 5.41. The van der Waals surface area contributed by atoms with Crippen LogP contribution < -0.4 is 9.47 Å². The average Bonchev–Trinajstić information content (AvgIpc) is 2.77. The van der Waals surface area contributed by atoms with E-state index in [9.17, 15) is 18.1 Å². The molecule has 0 bridgehead atoms. The summed E-state index contributed by atoms with van der Waals surface area (Å²) in [7, 11) is -2.59. The zero-order valence-corrected chi connectivity index (χ0v) is 18.0. The Bertz CT molecular complexity index is 1270. The van der Waals surface area contributed by atoms with Crippen molar-refractivity contribution in [1.29, 1.82) is 5.26 Å². The Morgan fingerprint density at radius 2 is 1.81 bits per heavy atom.